The third-order valence-corrected chi connectivity index (χ3v) is 2.29. The summed E-state index contributed by atoms with van der Waals surface area (Å²) in [6.07, 6.45) is 1.53. The predicted octanol–water partition coefficient (Wildman–Crippen LogP) is 2.22. The Morgan fingerprint density at radius 1 is 1.31 bits per heavy atom. The van der Waals surface area contributed by atoms with Crippen LogP contribution in [0.5, 0.6) is 0 Å². The standard InChI is InChI=1S/C10H8ClFN4/c11-7-2-1-6(5-8(7)12)10-14-4-3-9(15-10)16-13/h1-5H,13H2,(H,14,15,16). The van der Waals surface area contributed by atoms with E-state index in [0.717, 1.165) is 0 Å². The van der Waals surface area contributed by atoms with E-state index < -0.39 is 5.82 Å². The fraction of sp³-hybridized carbons (Fsp3) is 0. The van der Waals surface area contributed by atoms with E-state index in [1.807, 2.05) is 0 Å². The van der Waals surface area contributed by atoms with Gasteiger partial charge in [-0.25, -0.2) is 20.2 Å². The van der Waals surface area contributed by atoms with Crippen molar-refractivity contribution in [2.24, 2.45) is 5.84 Å². The maximum absolute atomic E-state index is 13.2. The average Bonchev–Trinajstić information content (AvgIpc) is 2.33. The fourth-order valence-corrected chi connectivity index (χ4v) is 1.33. The summed E-state index contributed by atoms with van der Waals surface area (Å²) in [5, 5.41) is 0.0665. The van der Waals surface area contributed by atoms with Crippen molar-refractivity contribution in [3.05, 3.63) is 41.3 Å². The number of aromatic nitrogens is 2. The van der Waals surface area contributed by atoms with Crippen LogP contribution < -0.4 is 11.3 Å². The molecular formula is C10H8ClFN4. The van der Waals surface area contributed by atoms with E-state index in [4.69, 9.17) is 17.4 Å². The van der Waals surface area contributed by atoms with Gasteiger partial charge in [0.05, 0.1) is 5.02 Å². The summed E-state index contributed by atoms with van der Waals surface area (Å²) in [4.78, 5) is 8.09. The molecule has 1 aromatic heterocycles. The van der Waals surface area contributed by atoms with E-state index in [2.05, 4.69) is 15.4 Å². The van der Waals surface area contributed by atoms with Crippen molar-refractivity contribution in [2.45, 2.75) is 0 Å². The number of hydrogen-bond acceptors (Lipinski definition) is 4. The van der Waals surface area contributed by atoms with Gasteiger partial charge in [-0.1, -0.05) is 11.6 Å². The third-order valence-electron chi connectivity index (χ3n) is 1.98. The van der Waals surface area contributed by atoms with Crippen LogP contribution in [-0.2, 0) is 0 Å². The molecule has 0 radical (unpaired) electrons. The third kappa shape index (κ3) is 2.10. The van der Waals surface area contributed by atoms with E-state index in [0.29, 0.717) is 17.2 Å². The molecule has 1 aromatic carbocycles. The number of rotatable bonds is 2. The Kier molecular flexibility index (Phi) is 2.98. The van der Waals surface area contributed by atoms with Gasteiger partial charge in [0.2, 0.25) is 0 Å². The molecule has 4 nitrogen and oxygen atoms in total. The first-order valence-corrected chi connectivity index (χ1v) is 4.83. The van der Waals surface area contributed by atoms with Crippen LogP contribution in [-0.4, -0.2) is 9.97 Å². The number of hydrogen-bond donors (Lipinski definition) is 2. The van der Waals surface area contributed by atoms with Gasteiger partial charge in [0.25, 0.3) is 0 Å². The number of nitrogen functional groups attached to an aromatic ring is 1. The molecule has 16 heavy (non-hydrogen) atoms. The Bertz CT molecular complexity index is 518. The number of nitrogens with two attached hydrogens (primary N) is 1. The molecule has 0 saturated heterocycles. The largest absolute Gasteiger partial charge is 0.308 e. The molecule has 2 aromatic rings. The van der Waals surface area contributed by atoms with E-state index >= 15 is 0 Å². The van der Waals surface area contributed by atoms with Gasteiger partial charge in [0, 0.05) is 17.8 Å². The Balaban J connectivity index is 2.46. The van der Waals surface area contributed by atoms with Crippen LogP contribution >= 0.6 is 11.6 Å². The van der Waals surface area contributed by atoms with Gasteiger partial charge in [-0.2, -0.15) is 0 Å². The number of hydrazine groups is 1. The van der Waals surface area contributed by atoms with Gasteiger partial charge in [-0.05, 0) is 18.2 Å². The van der Waals surface area contributed by atoms with Crippen molar-refractivity contribution >= 4 is 17.4 Å². The van der Waals surface area contributed by atoms with E-state index in [9.17, 15) is 4.39 Å². The lowest BCUT2D eigenvalue weighted by atomic mass is 10.2. The van der Waals surface area contributed by atoms with Crippen LogP contribution in [0, 0.1) is 5.82 Å². The van der Waals surface area contributed by atoms with E-state index in [1.165, 1.54) is 18.3 Å². The average molecular weight is 239 g/mol. The number of anilines is 1. The van der Waals surface area contributed by atoms with Crippen molar-refractivity contribution in [1.82, 2.24) is 9.97 Å². The summed E-state index contributed by atoms with van der Waals surface area (Å²) >= 11 is 5.58. The summed E-state index contributed by atoms with van der Waals surface area (Å²) in [6, 6.07) is 5.98. The molecule has 6 heteroatoms. The lowest BCUT2D eigenvalue weighted by Gasteiger charge is -2.03. The molecule has 1 heterocycles. The zero-order valence-corrected chi connectivity index (χ0v) is 8.87. The van der Waals surface area contributed by atoms with Gasteiger partial charge >= 0.3 is 0 Å². The van der Waals surface area contributed by atoms with Crippen molar-refractivity contribution in [3.63, 3.8) is 0 Å². The molecule has 3 N–H and O–H groups in total. The molecule has 0 amide bonds. The highest BCUT2D eigenvalue weighted by atomic mass is 35.5. The smallest absolute Gasteiger partial charge is 0.161 e. The zero-order chi connectivity index (χ0) is 11.5. The molecule has 0 bridgehead atoms. The van der Waals surface area contributed by atoms with Gasteiger partial charge in [-0.15, -0.1) is 0 Å². The summed E-state index contributed by atoms with van der Waals surface area (Å²) in [7, 11) is 0. The molecule has 0 aliphatic heterocycles. The Morgan fingerprint density at radius 2 is 2.12 bits per heavy atom. The molecular weight excluding hydrogens is 231 g/mol. The molecule has 0 aliphatic carbocycles. The van der Waals surface area contributed by atoms with Crippen LogP contribution in [0.2, 0.25) is 5.02 Å². The second kappa shape index (κ2) is 4.42. The topological polar surface area (TPSA) is 63.8 Å². The summed E-state index contributed by atoms with van der Waals surface area (Å²) in [5.41, 5.74) is 2.93. The molecule has 82 valence electrons. The van der Waals surface area contributed by atoms with Crippen molar-refractivity contribution in [3.8, 4) is 11.4 Å². The van der Waals surface area contributed by atoms with Crippen LogP contribution in [0.25, 0.3) is 11.4 Å². The van der Waals surface area contributed by atoms with Crippen molar-refractivity contribution in [2.75, 3.05) is 5.43 Å². The Hall–Kier alpha value is -1.72. The lowest BCUT2D eigenvalue weighted by molar-refractivity contribution is 0.628. The molecule has 2 rings (SSSR count). The van der Waals surface area contributed by atoms with Crippen LogP contribution in [0.3, 0.4) is 0 Å². The summed E-state index contributed by atoms with van der Waals surface area (Å²) < 4.78 is 13.2. The number of benzene rings is 1. The highest BCUT2D eigenvalue weighted by Gasteiger charge is 2.06. The van der Waals surface area contributed by atoms with Crippen molar-refractivity contribution < 1.29 is 4.39 Å². The minimum absolute atomic E-state index is 0.0665. The molecule has 0 fully saturated rings. The monoisotopic (exact) mass is 238 g/mol. The first kappa shape index (κ1) is 10.8. The molecule has 0 aliphatic rings. The second-order valence-electron chi connectivity index (χ2n) is 3.04. The quantitative estimate of drug-likeness (QED) is 0.622. The SMILES string of the molecule is NNc1ccnc(-c2ccc(Cl)c(F)c2)n1. The first-order valence-electron chi connectivity index (χ1n) is 4.46. The van der Waals surface area contributed by atoms with Gasteiger partial charge < -0.3 is 5.43 Å². The van der Waals surface area contributed by atoms with E-state index in [-0.39, 0.29) is 5.02 Å². The minimum Gasteiger partial charge on any atom is -0.308 e. The molecule has 0 spiro atoms. The first-order chi connectivity index (χ1) is 7.70. The summed E-state index contributed by atoms with van der Waals surface area (Å²) in [6.45, 7) is 0. The maximum atomic E-state index is 13.2. The lowest BCUT2D eigenvalue weighted by Crippen LogP contribution is -2.09. The normalized spacial score (nSPS) is 10.2. The highest BCUT2D eigenvalue weighted by molar-refractivity contribution is 6.30. The van der Waals surface area contributed by atoms with Gasteiger partial charge in [0.1, 0.15) is 11.6 Å². The van der Waals surface area contributed by atoms with Crippen LogP contribution in [0.1, 0.15) is 0 Å². The zero-order valence-electron chi connectivity index (χ0n) is 8.11. The number of nitrogens with zero attached hydrogens (tertiary/aromatic N) is 2. The Labute approximate surface area is 96.3 Å². The number of halogens is 2. The molecule has 0 atom stereocenters. The maximum Gasteiger partial charge on any atom is 0.161 e. The van der Waals surface area contributed by atoms with Crippen LogP contribution in [0.4, 0.5) is 10.2 Å². The summed E-state index contributed by atoms with van der Waals surface area (Å²) in [5.74, 6) is 5.55. The van der Waals surface area contributed by atoms with Gasteiger partial charge in [0.15, 0.2) is 5.82 Å². The number of nitrogens with one attached hydrogen (secondary N) is 1. The van der Waals surface area contributed by atoms with Gasteiger partial charge in [-0.3, -0.25) is 0 Å². The van der Waals surface area contributed by atoms with Crippen LogP contribution in [0.15, 0.2) is 30.5 Å². The predicted molar refractivity (Wildman–Crippen MR) is 60.2 cm³/mol. The second-order valence-corrected chi connectivity index (χ2v) is 3.45. The fourth-order valence-electron chi connectivity index (χ4n) is 1.21. The molecule has 0 saturated carbocycles. The van der Waals surface area contributed by atoms with Crippen molar-refractivity contribution in [1.29, 1.82) is 0 Å². The highest BCUT2D eigenvalue weighted by Crippen LogP contribution is 2.21. The molecule has 0 unspecified atom stereocenters. The van der Waals surface area contributed by atoms with E-state index in [1.54, 1.807) is 12.1 Å². The minimum atomic E-state index is -0.506. The Morgan fingerprint density at radius 3 is 2.81 bits per heavy atom.